The molecule has 0 aliphatic carbocycles. The molecule has 1 aromatic heterocycles. The molecule has 1 heterocycles. The first-order valence-corrected chi connectivity index (χ1v) is 6.93. The van der Waals surface area contributed by atoms with E-state index in [1.165, 1.54) is 0 Å². The highest BCUT2D eigenvalue weighted by Gasteiger charge is 2.16. The molecule has 0 bridgehead atoms. The van der Waals surface area contributed by atoms with Crippen LogP contribution in [0.1, 0.15) is 30.0 Å². The number of rotatable bonds is 4. The van der Waals surface area contributed by atoms with Crippen molar-refractivity contribution in [2.24, 2.45) is 0 Å². The number of aryl methyl sites for hydroxylation is 2. The lowest BCUT2D eigenvalue weighted by molar-refractivity contribution is 0.167. The number of hydrogen-bond acceptors (Lipinski definition) is 2. The number of benzene rings is 1. The van der Waals surface area contributed by atoms with Crippen molar-refractivity contribution in [3.8, 4) is 0 Å². The second kappa shape index (κ2) is 5.95. The Hall–Kier alpha value is -1.03. The Morgan fingerprint density at radius 3 is 2.68 bits per heavy atom. The summed E-state index contributed by atoms with van der Waals surface area (Å²) in [5.41, 5.74) is 2.59. The van der Waals surface area contributed by atoms with Crippen LogP contribution in [0.25, 0.3) is 0 Å². The van der Waals surface area contributed by atoms with Gasteiger partial charge in [-0.2, -0.15) is 5.10 Å². The molecule has 0 aliphatic rings. The first kappa shape index (κ1) is 14.4. The molecule has 1 unspecified atom stereocenters. The lowest BCUT2D eigenvalue weighted by Crippen LogP contribution is -2.10. The Bertz CT molecular complexity index is 581. The van der Waals surface area contributed by atoms with Gasteiger partial charge in [0.05, 0.1) is 17.5 Å². The Morgan fingerprint density at radius 2 is 2.05 bits per heavy atom. The molecule has 102 valence electrons. The van der Waals surface area contributed by atoms with Crippen molar-refractivity contribution in [1.82, 2.24) is 9.78 Å². The molecule has 2 rings (SSSR count). The Kier molecular flexibility index (Phi) is 4.50. The van der Waals surface area contributed by atoms with Crippen molar-refractivity contribution in [1.29, 1.82) is 0 Å². The van der Waals surface area contributed by atoms with Crippen LogP contribution in [0.5, 0.6) is 0 Å². The molecule has 0 spiro atoms. The summed E-state index contributed by atoms with van der Waals surface area (Å²) in [7, 11) is 0. The van der Waals surface area contributed by atoms with Gasteiger partial charge in [0.25, 0.3) is 0 Å². The second-order valence-electron chi connectivity index (χ2n) is 4.48. The van der Waals surface area contributed by atoms with Gasteiger partial charge in [0, 0.05) is 23.0 Å². The molecule has 1 aromatic carbocycles. The molecular formula is C14H16Cl2N2O. The quantitative estimate of drug-likeness (QED) is 0.932. The van der Waals surface area contributed by atoms with Gasteiger partial charge < -0.3 is 5.11 Å². The smallest absolute Gasteiger partial charge is 0.0997 e. The normalized spacial score (nSPS) is 12.7. The maximum Gasteiger partial charge on any atom is 0.0997 e. The molecule has 1 atom stereocenters. The van der Waals surface area contributed by atoms with E-state index in [2.05, 4.69) is 5.10 Å². The molecule has 0 fully saturated rings. The summed E-state index contributed by atoms with van der Waals surface area (Å²) >= 11 is 12.0. The van der Waals surface area contributed by atoms with Crippen molar-refractivity contribution in [2.45, 2.75) is 32.9 Å². The summed E-state index contributed by atoms with van der Waals surface area (Å²) in [6.07, 6.45) is -0.180. The summed E-state index contributed by atoms with van der Waals surface area (Å²) in [5.74, 6) is 0. The van der Waals surface area contributed by atoms with Gasteiger partial charge in [-0.1, -0.05) is 29.3 Å². The molecule has 0 saturated carbocycles. The average molecular weight is 299 g/mol. The van der Waals surface area contributed by atoms with Gasteiger partial charge in [0.2, 0.25) is 0 Å². The second-order valence-corrected chi connectivity index (χ2v) is 5.33. The Labute approximate surface area is 122 Å². The van der Waals surface area contributed by atoms with Crippen LogP contribution in [0.15, 0.2) is 24.3 Å². The van der Waals surface area contributed by atoms with Crippen LogP contribution in [0.3, 0.4) is 0 Å². The number of aromatic nitrogens is 2. The van der Waals surface area contributed by atoms with Crippen LogP contribution in [0.4, 0.5) is 0 Å². The van der Waals surface area contributed by atoms with Crippen molar-refractivity contribution in [3.63, 3.8) is 0 Å². The van der Waals surface area contributed by atoms with Crippen LogP contribution in [-0.4, -0.2) is 14.9 Å². The minimum atomic E-state index is -0.625. The topological polar surface area (TPSA) is 38.0 Å². The number of aliphatic hydroxyl groups is 1. The van der Waals surface area contributed by atoms with Crippen LogP contribution < -0.4 is 0 Å². The molecule has 2 aromatic rings. The standard InChI is InChI=1S/C14H16Cl2N2O/c1-3-18-13(6-9(2)17-18)14(19)7-10-4-5-11(15)8-12(10)16/h4-6,8,14,19H,3,7H2,1-2H3. The van der Waals surface area contributed by atoms with E-state index in [9.17, 15) is 5.11 Å². The fraction of sp³-hybridized carbons (Fsp3) is 0.357. The zero-order valence-corrected chi connectivity index (χ0v) is 12.4. The molecule has 0 aliphatic heterocycles. The molecule has 5 heteroatoms. The molecule has 0 saturated heterocycles. The van der Waals surface area contributed by atoms with Crippen molar-refractivity contribution in [2.75, 3.05) is 0 Å². The van der Waals surface area contributed by atoms with Gasteiger partial charge in [-0.05, 0) is 37.6 Å². The minimum Gasteiger partial charge on any atom is -0.386 e. The molecule has 3 nitrogen and oxygen atoms in total. The van der Waals surface area contributed by atoms with Gasteiger partial charge >= 0.3 is 0 Å². The van der Waals surface area contributed by atoms with Crippen LogP contribution >= 0.6 is 23.2 Å². The lowest BCUT2D eigenvalue weighted by atomic mass is 10.1. The number of nitrogens with zero attached hydrogens (tertiary/aromatic N) is 2. The van der Waals surface area contributed by atoms with Crippen molar-refractivity contribution >= 4 is 23.2 Å². The maximum absolute atomic E-state index is 10.3. The summed E-state index contributed by atoms with van der Waals surface area (Å²) in [6.45, 7) is 4.64. The maximum atomic E-state index is 10.3. The van der Waals surface area contributed by atoms with E-state index in [1.807, 2.05) is 30.7 Å². The first-order chi connectivity index (χ1) is 9.01. The summed E-state index contributed by atoms with van der Waals surface area (Å²) < 4.78 is 1.81. The third kappa shape index (κ3) is 3.30. The number of aliphatic hydroxyl groups excluding tert-OH is 1. The monoisotopic (exact) mass is 298 g/mol. The van der Waals surface area contributed by atoms with Crippen LogP contribution in [0.2, 0.25) is 10.0 Å². The van der Waals surface area contributed by atoms with E-state index >= 15 is 0 Å². The largest absolute Gasteiger partial charge is 0.386 e. The van der Waals surface area contributed by atoms with E-state index in [1.54, 1.807) is 12.1 Å². The van der Waals surface area contributed by atoms with Gasteiger partial charge in [0.15, 0.2) is 0 Å². The SMILES string of the molecule is CCn1nc(C)cc1C(O)Cc1ccc(Cl)cc1Cl. The fourth-order valence-corrected chi connectivity index (χ4v) is 2.57. The highest BCUT2D eigenvalue weighted by molar-refractivity contribution is 6.35. The van der Waals surface area contributed by atoms with Crippen LogP contribution in [0, 0.1) is 6.92 Å². The van der Waals surface area contributed by atoms with E-state index in [-0.39, 0.29) is 0 Å². The summed E-state index contributed by atoms with van der Waals surface area (Å²) in [4.78, 5) is 0. The Morgan fingerprint density at radius 1 is 1.32 bits per heavy atom. The fourth-order valence-electron chi connectivity index (χ4n) is 2.09. The minimum absolute atomic E-state index is 0.446. The predicted molar refractivity (Wildman–Crippen MR) is 77.8 cm³/mol. The van der Waals surface area contributed by atoms with Gasteiger partial charge in [0.1, 0.15) is 0 Å². The number of hydrogen-bond donors (Lipinski definition) is 1. The zero-order chi connectivity index (χ0) is 14.0. The Balaban J connectivity index is 2.22. The molecule has 0 amide bonds. The van der Waals surface area contributed by atoms with E-state index in [0.717, 1.165) is 23.5 Å². The van der Waals surface area contributed by atoms with Crippen molar-refractivity contribution < 1.29 is 5.11 Å². The molecule has 0 radical (unpaired) electrons. The molecule has 1 N–H and O–H groups in total. The van der Waals surface area contributed by atoms with E-state index < -0.39 is 6.10 Å². The molecular weight excluding hydrogens is 283 g/mol. The van der Waals surface area contributed by atoms with Gasteiger partial charge in [-0.15, -0.1) is 0 Å². The van der Waals surface area contributed by atoms with Gasteiger partial charge in [-0.3, -0.25) is 4.68 Å². The van der Waals surface area contributed by atoms with E-state index in [0.29, 0.717) is 16.5 Å². The highest BCUT2D eigenvalue weighted by Crippen LogP contribution is 2.26. The highest BCUT2D eigenvalue weighted by atomic mass is 35.5. The average Bonchev–Trinajstić information content (AvgIpc) is 2.74. The van der Waals surface area contributed by atoms with Gasteiger partial charge in [-0.25, -0.2) is 0 Å². The van der Waals surface area contributed by atoms with Crippen LogP contribution in [-0.2, 0) is 13.0 Å². The third-order valence-electron chi connectivity index (χ3n) is 3.00. The van der Waals surface area contributed by atoms with Crippen molar-refractivity contribution in [3.05, 3.63) is 51.3 Å². The first-order valence-electron chi connectivity index (χ1n) is 6.17. The third-order valence-corrected chi connectivity index (χ3v) is 3.59. The van der Waals surface area contributed by atoms with E-state index in [4.69, 9.17) is 23.2 Å². The summed E-state index contributed by atoms with van der Waals surface area (Å²) in [6, 6.07) is 7.21. The molecule has 19 heavy (non-hydrogen) atoms. The zero-order valence-electron chi connectivity index (χ0n) is 10.9. The number of halogens is 2. The summed E-state index contributed by atoms with van der Waals surface area (Å²) in [5, 5.41) is 15.8. The predicted octanol–water partition coefficient (Wildman–Crippen LogP) is 3.79. The lowest BCUT2D eigenvalue weighted by Gasteiger charge is -2.13.